The van der Waals surface area contributed by atoms with E-state index in [1.165, 1.54) is 0 Å². The lowest BCUT2D eigenvalue weighted by Crippen LogP contribution is -2.39. The minimum absolute atomic E-state index is 0.203. The zero-order valence-corrected chi connectivity index (χ0v) is 9.76. The topological polar surface area (TPSA) is 62.1 Å². The Hall–Kier alpha value is -1.50. The van der Waals surface area contributed by atoms with Crippen LogP contribution in [0.3, 0.4) is 0 Å². The molecule has 0 rings (SSSR count). The maximum absolute atomic E-state index is 11.4. The Labute approximate surface area is 90.9 Å². The van der Waals surface area contributed by atoms with Gasteiger partial charge in [-0.15, -0.1) is 0 Å². The maximum atomic E-state index is 11.4. The van der Waals surface area contributed by atoms with Gasteiger partial charge >= 0.3 is 6.09 Å². The summed E-state index contributed by atoms with van der Waals surface area (Å²) in [4.78, 5) is 11.4. The molecule has 0 spiro atoms. The number of alkyl carbamates (subject to hydrolysis) is 1. The maximum Gasteiger partial charge on any atom is 0.408 e. The van der Waals surface area contributed by atoms with Crippen molar-refractivity contribution in [1.82, 2.24) is 5.32 Å². The van der Waals surface area contributed by atoms with Crippen molar-refractivity contribution in [2.75, 3.05) is 0 Å². The van der Waals surface area contributed by atoms with E-state index in [0.717, 1.165) is 5.57 Å². The number of ether oxygens (including phenoxy) is 1. The number of nitrogens with one attached hydrogen (secondary N) is 1. The predicted octanol–water partition coefficient (Wildman–Crippen LogP) is 2.37. The van der Waals surface area contributed by atoms with Crippen LogP contribution in [0.1, 0.15) is 34.1 Å². The van der Waals surface area contributed by atoms with E-state index in [0.29, 0.717) is 0 Å². The first-order valence-electron chi connectivity index (χ1n) is 4.78. The van der Waals surface area contributed by atoms with Crippen LogP contribution in [0.25, 0.3) is 0 Å². The highest BCUT2D eigenvalue weighted by Crippen LogP contribution is 2.08. The van der Waals surface area contributed by atoms with Gasteiger partial charge in [-0.3, -0.25) is 0 Å². The molecule has 0 radical (unpaired) electrons. The average molecular weight is 210 g/mol. The van der Waals surface area contributed by atoms with Gasteiger partial charge in [-0.2, -0.15) is 5.26 Å². The molecule has 0 aliphatic heterocycles. The normalized spacial score (nSPS) is 12.5. The molecule has 1 N–H and O–H groups in total. The highest BCUT2D eigenvalue weighted by molar-refractivity contribution is 5.68. The van der Waals surface area contributed by atoms with Gasteiger partial charge in [0.2, 0.25) is 0 Å². The molecule has 0 fully saturated rings. The Morgan fingerprint density at radius 2 is 2.13 bits per heavy atom. The van der Waals surface area contributed by atoms with Gasteiger partial charge in [-0.25, -0.2) is 4.79 Å². The number of nitriles is 1. The van der Waals surface area contributed by atoms with Crippen molar-refractivity contribution in [3.8, 4) is 6.07 Å². The summed E-state index contributed by atoms with van der Waals surface area (Å²) < 4.78 is 5.06. The number of amides is 1. The van der Waals surface area contributed by atoms with Crippen LogP contribution in [-0.4, -0.2) is 17.7 Å². The number of rotatable bonds is 3. The second-order valence-electron chi connectivity index (χ2n) is 4.41. The highest BCUT2D eigenvalue weighted by atomic mass is 16.6. The van der Waals surface area contributed by atoms with Crippen LogP contribution in [-0.2, 0) is 4.74 Å². The number of hydrogen-bond acceptors (Lipinski definition) is 3. The van der Waals surface area contributed by atoms with Crippen LogP contribution < -0.4 is 5.32 Å². The largest absolute Gasteiger partial charge is 0.444 e. The third kappa shape index (κ3) is 6.55. The van der Waals surface area contributed by atoms with Gasteiger partial charge in [-0.05, 0) is 27.7 Å². The van der Waals surface area contributed by atoms with Gasteiger partial charge in [-0.1, -0.05) is 12.2 Å². The summed E-state index contributed by atoms with van der Waals surface area (Å²) in [6.45, 7) is 10.8. The van der Waals surface area contributed by atoms with E-state index in [4.69, 9.17) is 10.00 Å². The summed E-state index contributed by atoms with van der Waals surface area (Å²) in [5, 5.41) is 11.1. The van der Waals surface area contributed by atoms with Crippen molar-refractivity contribution in [1.29, 1.82) is 5.26 Å². The molecule has 0 aliphatic rings. The molecule has 0 aliphatic carbocycles. The summed E-state index contributed by atoms with van der Waals surface area (Å²) in [5.41, 5.74) is 0.207. The molecular weight excluding hydrogens is 192 g/mol. The van der Waals surface area contributed by atoms with E-state index >= 15 is 0 Å². The average Bonchev–Trinajstić information content (AvgIpc) is 1.99. The fourth-order valence-electron chi connectivity index (χ4n) is 0.890. The molecule has 0 heterocycles. The first-order valence-corrected chi connectivity index (χ1v) is 4.78. The van der Waals surface area contributed by atoms with E-state index in [-0.39, 0.29) is 12.5 Å². The highest BCUT2D eigenvalue weighted by Gasteiger charge is 2.19. The van der Waals surface area contributed by atoms with E-state index < -0.39 is 11.7 Å². The SMILES string of the molecule is C=C(C)[C@H](CC#N)NC(=O)OC(C)(C)C. The summed E-state index contributed by atoms with van der Waals surface area (Å²) in [5.74, 6) is 0. The first kappa shape index (κ1) is 13.5. The predicted molar refractivity (Wildman–Crippen MR) is 58.2 cm³/mol. The minimum atomic E-state index is -0.531. The van der Waals surface area contributed by atoms with E-state index in [1.54, 1.807) is 27.7 Å². The van der Waals surface area contributed by atoms with Gasteiger partial charge in [0, 0.05) is 0 Å². The standard InChI is InChI=1S/C11H18N2O2/c1-8(2)9(6-7-12)13-10(14)15-11(3,4)5/h9H,1,6H2,2-5H3,(H,13,14)/t9-/m0/s1. The van der Waals surface area contributed by atoms with Crippen molar-refractivity contribution >= 4 is 6.09 Å². The van der Waals surface area contributed by atoms with Gasteiger partial charge in [0.15, 0.2) is 0 Å². The molecule has 4 heteroatoms. The fraction of sp³-hybridized carbons (Fsp3) is 0.636. The number of nitrogens with zero attached hydrogens (tertiary/aromatic N) is 1. The summed E-state index contributed by atoms with van der Waals surface area (Å²) in [6.07, 6.45) is -0.320. The quantitative estimate of drug-likeness (QED) is 0.727. The molecule has 4 nitrogen and oxygen atoms in total. The molecule has 0 bridgehead atoms. The van der Waals surface area contributed by atoms with Crippen molar-refractivity contribution in [2.24, 2.45) is 0 Å². The molecule has 84 valence electrons. The lowest BCUT2D eigenvalue weighted by Gasteiger charge is -2.22. The molecule has 1 atom stereocenters. The molecule has 15 heavy (non-hydrogen) atoms. The first-order chi connectivity index (χ1) is 6.76. The summed E-state index contributed by atoms with van der Waals surface area (Å²) >= 11 is 0. The number of hydrogen-bond donors (Lipinski definition) is 1. The molecule has 0 aromatic rings. The van der Waals surface area contributed by atoms with Crippen LogP contribution in [0.2, 0.25) is 0 Å². The zero-order chi connectivity index (χ0) is 12.1. The summed E-state index contributed by atoms with van der Waals surface area (Å²) in [7, 11) is 0. The van der Waals surface area contributed by atoms with Gasteiger partial charge in [0.1, 0.15) is 5.60 Å². The summed E-state index contributed by atoms with van der Waals surface area (Å²) in [6, 6.07) is 1.64. The Bertz CT molecular complexity index is 284. The van der Waals surface area contributed by atoms with Crippen LogP contribution in [0, 0.1) is 11.3 Å². The van der Waals surface area contributed by atoms with Crippen molar-refractivity contribution < 1.29 is 9.53 Å². The van der Waals surface area contributed by atoms with Crippen molar-refractivity contribution in [3.05, 3.63) is 12.2 Å². The number of carbonyl (C=O) groups excluding carboxylic acids is 1. The molecule has 0 aromatic heterocycles. The minimum Gasteiger partial charge on any atom is -0.444 e. The van der Waals surface area contributed by atoms with Crippen molar-refractivity contribution in [2.45, 2.75) is 45.8 Å². The second-order valence-corrected chi connectivity index (χ2v) is 4.41. The van der Waals surface area contributed by atoms with E-state index in [1.807, 2.05) is 6.07 Å². The molecule has 0 unspecified atom stereocenters. The Morgan fingerprint density at radius 3 is 2.47 bits per heavy atom. The van der Waals surface area contributed by atoms with Crippen LogP contribution in [0.15, 0.2) is 12.2 Å². The van der Waals surface area contributed by atoms with Crippen LogP contribution in [0.5, 0.6) is 0 Å². The molecule has 1 amide bonds. The van der Waals surface area contributed by atoms with Gasteiger partial charge in [0.25, 0.3) is 0 Å². The third-order valence-electron chi connectivity index (χ3n) is 1.58. The molecule has 0 aromatic carbocycles. The van der Waals surface area contributed by atoms with Gasteiger partial charge < -0.3 is 10.1 Å². The Kier molecular flexibility index (Phi) is 4.86. The van der Waals surface area contributed by atoms with E-state index in [9.17, 15) is 4.79 Å². The third-order valence-corrected chi connectivity index (χ3v) is 1.58. The monoisotopic (exact) mass is 210 g/mol. The van der Waals surface area contributed by atoms with E-state index in [2.05, 4.69) is 11.9 Å². The lowest BCUT2D eigenvalue weighted by atomic mass is 10.1. The smallest absolute Gasteiger partial charge is 0.408 e. The number of carbonyl (C=O) groups is 1. The zero-order valence-electron chi connectivity index (χ0n) is 9.76. The lowest BCUT2D eigenvalue weighted by molar-refractivity contribution is 0.0513. The van der Waals surface area contributed by atoms with Crippen molar-refractivity contribution in [3.63, 3.8) is 0 Å². The molecular formula is C11H18N2O2. The fourth-order valence-corrected chi connectivity index (χ4v) is 0.890. The molecule has 0 saturated carbocycles. The van der Waals surface area contributed by atoms with Crippen LogP contribution >= 0.6 is 0 Å². The Balaban J connectivity index is 4.25. The second kappa shape index (κ2) is 5.40. The Morgan fingerprint density at radius 1 is 1.60 bits per heavy atom. The molecule has 0 saturated heterocycles. The van der Waals surface area contributed by atoms with Gasteiger partial charge in [0.05, 0.1) is 18.5 Å². The van der Waals surface area contributed by atoms with Crippen LogP contribution in [0.4, 0.5) is 4.79 Å².